The van der Waals surface area contributed by atoms with Crippen molar-refractivity contribution in [3.05, 3.63) is 27.3 Å². The van der Waals surface area contributed by atoms with Gasteiger partial charge in [-0.2, -0.15) is 0 Å². The molecule has 0 atom stereocenters. The van der Waals surface area contributed by atoms with Crippen LogP contribution in [0.2, 0.25) is 0 Å². The SMILES string of the molecule is CC(C)(C)NCCc1nnc(-c2ccc([N+](=O)[O-])s2)s1. The molecule has 2 aromatic rings. The van der Waals surface area contributed by atoms with Gasteiger partial charge in [-0.25, -0.2) is 0 Å². The van der Waals surface area contributed by atoms with Gasteiger partial charge < -0.3 is 5.32 Å². The molecule has 0 aliphatic rings. The molecule has 0 aliphatic carbocycles. The summed E-state index contributed by atoms with van der Waals surface area (Å²) in [6.07, 6.45) is 0.808. The molecule has 0 aliphatic heterocycles. The number of rotatable bonds is 5. The largest absolute Gasteiger partial charge is 0.324 e. The molecular weight excluding hydrogens is 296 g/mol. The number of hydrogen-bond acceptors (Lipinski definition) is 7. The lowest BCUT2D eigenvalue weighted by atomic mass is 10.1. The van der Waals surface area contributed by atoms with E-state index in [9.17, 15) is 10.1 Å². The Bertz CT molecular complexity index is 601. The highest BCUT2D eigenvalue weighted by Crippen LogP contribution is 2.34. The second kappa shape index (κ2) is 5.94. The fourth-order valence-electron chi connectivity index (χ4n) is 1.54. The highest BCUT2D eigenvalue weighted by Gasteiger charge is 2.15. The molecule has 0 spiro atoms. The van der Waals surface area contributed by atoms with Crippen molar-refractivity contribution < 1.29 is 4.92 Å². The minimum Gasteiger partial charge on any atom is -0.312 e. The molecule has 2 heterocycles. The second-order valence-corrected chi connectivity index (χ2v) is 7.45. The third-order valence-electron chi connectivity index (χ3n) is 2.44. The van der Waals surface area contributed by atoms with Gasteiger partial charge in [0.1, 0.15) is 5.01 Å². The van der Waals surface area contributed by atoms with Gasteiger partial charge >= 0.3 is 5.00 Å². The van der Waals surface area contributed by atoms with Crippen LogP contribution in [0.5, 0.6) is 0 Å². The lowest BCUT2D eigenvalue weighted by Gasteiger charge is -2.19. The topological polar surface area (TPSA) is 81.0 Å². The minimum absolute atomic E-state index is 0.0852. The Hall–Kier alpha value is -1.38. The van der Waals surface area contributed by atoms with Crippen LogP contribution in [-0.4, -0.2) is 27.2 Å². The molecule has 1 N–H and O–H groups in total. The van der Waals surface area contributed by atoms with Gasteiger partial charge in [0.25, 0.3) is 0 Å². The van der Waals surface area contributed by atoms with Gasteiger partial charge in [-0.1, -0.05) is 22.7 Å². The van der Waals surface area contributed by atoms with E-state index >= 15 is 0 Å². The normalized spacial score (nSPS) is 11.8. The molecule has 0 unspecified atom stereocenters. The third-order valence-corrected chi connectivity index (χ3v) is 4.63. The molecule has 0 radical (unpaired) electrons. The summed E-state index contributed by atoms with van der Waals surface area (Å²) in [6.45, 7) is 7.18. The minimum atomic E-state index is -0.386. The zero-order chi connectivity index (χ0) is 14.8. The first-order chi connectivity index (χ1) is 9.35. The average molecular weight is 312 g/mol. The maximum Gasteiger partial charge on any atom is 0.324 e. The van der Waals surface area contributed by atoms with Crippen LogP contribution in [0.1, 0.15) is 25.8 Å². The molecule has 0 aromatic carbocycles. The van der Waals surface area contributed by atoms with E-state index in [0.29, 0.717) is 0 Å². The third kappa shape index (κ3) is 4.06. The molecule has 6 nitrogen and oxygen atoms in total. The van der Waals surface area contributed by atoms with E-state index in [1.165, 1.54) is 17.4 Å². The van der Waals surface area contributed by atoms with Crippen molar-refractivity contribution in [3.8, 4) is 9.88 Å². The molecular formula is C12H16N4O2S2. The first-order valence-electron chi connectivity index (χ1n) is 6.17. The zero-order valence-corrected chi connectivity index (χ0v) is 13.2. The predicted molar refractivity (Wildman–Crippen MR) is 81.3 cm³/mol. The van der Waals surface area contributed by atoms with Crippen LogP contribution >= 0.6 is 22.7 Å². The van der Waals surface area contributed by atoms with Crippen LogP contribution in [0.3, 0.4) is 0 Å². The molecule has 0 saturated heterocycles. The molecule has 8 heteroatoms. The summed E-state index contributed by atoms with van der Waals surface area (Å²) < 4.78 is 0. The van der Waals surface area contributed by atoms with Crippen molar-refractivity contribution in [1.29, 1.82) is 0 Å². The Balaban J connectivity index is 1.99. The maximum absolute atomic E-state index is 10.7. The van der Waals surface area contributed by atoms with Crippen molar-refractivity contribution in [2.24, 2.45) is 0 Å². The predicted octanol–water partition coefficient (Wildman–Crippen LogP) is 3.11. The van der Waals surface area contributed by atoms with Gasteiger partial charge in [-0.3, -0.25) is 10.1 Å². The summed E-state index contributed by atoms with van der Waals surface area (Å²) in [6, 6.07) is 3.22. The highest BCUT2D eigenvalue weighted by atomic mass is 32.1. The van der Waals surface area contributed by atoms with Crippen LogP contribution < -0.4 is 5.32 Å². The number of hydrogen-bond donors (Lipinski definition) is 1. The fourth-order valence-corrected chi connectivity index (χ4v) is 3.25. The quantitative estimate of drug-likeness (QED) is 0.677. The Kier molecular flexibility index (Phi) is 4.46. The van der Waals surface area contributed by atoms with Crippen LogP contribution in [0.4, 0.5) is 5.00 Å². The van der Waals surface area contributed by atoms with E-state index < -0.39 is 0 Å². The average Bonchev–Trinajstić information content (AvgIpc) is 2.94. The van der Waals surface area contributed by atoms with Crippen LogP contribution in [0.25, 0.3) is 9.88 Å². The molecule has 2 aromatic heterocycles. The summed E-state index contributed by atoms with van der Waals surface area (Å²) >= 11 is 2.62. The molecule has 0 amide bonds. The van der Waals surface area contributed by atoms with E-state index in [-0.39, 0.29) is 15.5 Å². The van der Waals surface area contributed by atoms with Gasteiger partial charge in [0.05, 0.1) is 9.80 Å². The summed E-state index contributed by atoms with van der Waals surface area (Å²) in [5.74, 6) is 0. The van der Waals surface area contributed by atoms with Crippen molar-refractivity contribution in [1.82, 2.24) is 15.5 Å². The molecule has 0 fully saturated rings. The number of nitro groups is 1. The zero-order valence-electron chi connectivity index (χ0n) is 11.5. The van der Waals surface area contributed by atoms with Crippen molar-refractivity contribution in [2.75, 3.05) is 6.54 Å². The summed E-state index contributed by atoms with van der Waals surface area (Å²) in [5, 5.41) is 24.1. The number of nitrogens with one attached hydrogen (secondary N) is 1. The molecule has 20 heavy (non-hydrogen) atoms. The lowest BCUT2D eigenvalue weighted by Crippen LogP contribution is -2.37. The molecule has 108 valence electrons. The first-order valence-corrected chi connectivity index (χ1v) is 7.80. The van der Waals surface area contributed by atoms with Crippen LogP contribution in [0.15, 0.2) is 12.1 Å². The van der Waals surface area contributed by atoms with Crippen LogP contribution in [-0.2, 0) is 6.42 Å². The summed E-state index contributed by atoms with van der Waals surface area (Å²) in [4.78, 5) is 11.1. The molecule has 2 rings (SSSR count). The fraction of sp³-hybridized carbons (Fsp3) is 0.500. The Morgan fingerprint density at radius 2 is 2.05 bits per heavy atom. The van der Waals surface area contributed by atoms with E-state index in [0.717, 1.165) is 39.2 Å². The standard InChI is InChI=1S/C12H16N4O2S2/c1-12(2,3)13-7-6-9-14-15-11(20-9)8-4-5-10(19-8)16(17)18/h4-5,13H,6-7H2,1-3H3. The molecule has 0 saturated carbocycles. The van der Waals surface area contributed by atoms with E-state index in [4.69, 9.17) is 0 Å². The first kappa shape index (κ1) is 15.0. The highest BCUT2D eigenvalue weighted by molar-refractivity contribution is 7.23. The Morgan fingerprint density at radius 3 is 2.65 bits per heavy atom. The number of aromatic nitrogens is 2. The van der Waals surface area contributed by atoms with E-state index in [2.05, 4.69) is 36.3 Å². The van der Waals surface area contributed by atoms with Gasteiger partial charge in [0.2, 0.25) is 0 Å². The second-order valence-electron chi connectivity index (χ2n) is 5.32. The lowest BCUT2D eigenvalue weighted by molar-refractivity contribution is -0.380. The Morgan fingerprint density at radius 1 is 1.30 bits per heavy atom. The summed E-state index contributed by atoms with van der Waals surface area (Å²) in [7, 11) is 0. The monoisotopic (exact) mass is 312 g/mol. The molecule has 0 bridgehead atoms. The van der Waals surface area contributed by atoms with Crippen LogP contribution in [0, 0.1) is 10.1 Å². The van der Waals surface area contributed by atoms with Crippen molar-refractivity contribution >= 4 is 27.7 Å². The van der Waals surface area contributed by atoms with Gasteiger partial charge in [0, 0.05) is 24.6 Å². The van der Waals surface area contributed by atoms with Crippen molar-refractivity contribution in [2.45, 2.75) is 32.7 Å². The van der Waals surface area contributed by atoms with Gasteiger partial charge in [-0.15, -0.1) is 10.2 Å². The van der Waals surface area contributed by atoms with Gasteiger partial charge in [0.15, 0.2) is 5.01 Å². The van der Waals surface area contributed by atoms with Gasteiger partial charge in [-0.05, 0) is 26.8 Å². The van der Waals surface area contributed by atoms with E-state index in [1.54, 1.807) is 6.07 Å². The number of thiophene rings is 1. The smallest absolute Gasteiger partial charge is 0.312 e. The summed E-state index contributed by atoms with van der Waals surface area (Å²) in [5.41, 5.74) is 0.0852. The Labute approximate surface area is 125 Å². The maximum atomic E-state index is 10.7. The van der Waals surface area contributed by atoms with Crippen molar-refractivity contribution in [3.63, 3.8) is 0 Å². The number of nitrogens with zero attached hydrogens (tertiary/aromatic N) is 3. The van der Waals surface area contributed by atoms with E-state index in [1.807, 2.05) is 0 Å².